The van der Waals surface area contributed by atoms with Crippen LogP contribution in [0.5, 0.6) is 0 Å². The van der Waals surface area contributed by atoms with E-state index >= 15 is 0 Å². The van der Waals surface area contributed by atoms with Gasteiger partial charge in [-0.15, -0.1) is 0 Å². The van der Waals surface area contributed by atoms with Gasteiger partial charge in [0.2, 0.25) is 5.91 Å². The summed E-state index contributed by atoms with van der Waals surface area (Å²) in [6.45, 7) is 3.85. The molecule has 0 saturated carbocycles. The molecule has 2 atom stereocenters. The van der Waals surface area contributed by atoms with Gasteiger partial charge in [-0.2, -0.15) is 0 Å². The number of halogens is 1. The fourth-order valence-corrected chi connectivity index (χ4v) is 2.04. The zero-order chi connectivity index (χ0) is 14.7. The van der Waals surface area contributed by atoms with E-state index in [1.54, 1.807) is 18.2 Å². The highest BCUT2D eigenvalue weighted by molar-refractivity contribution is 6.07. The highest BCUT2D eigenvalue weighted by atomic mass is 19.1. The lowest BCUT2D eigenvalue weighted by atomic mass is 9.96. The van der Waals surface area contributed by atoms with Gasteiger partial charge >= 0.3 is 0 Å². The maximum atomic E-state index is 13.5. The normalized spacial score (nSPS) is 22.4. The standard InChI is InChI=1S/C15H17FN2O2/c1-3-9(2)13-15(20)17-12(14(19)18-13)8-10-6-4-5-7-11(10)16/h4-9,13H,3H2,1-2H3,(H,17,20)(H,18,19)/b12-8+/t9?,13-/m0/s1. The first-order valence-corrected chi connectivity index (χ1v) is 6.61. The van der Waals surface area contributed by atoms with E-state index in [-0.39, 0.29) is 23.1 Å². The number of piperazine rings is 1. The predicted octanol–water partition coefficient (Wildman–Crippen LogP) is 1.83. The summed E-state index contributed by atoms with van der Waals surface area (Å²) in [5.41, 5.74) is 0.333. The zero-order valence-corrected chi connectivity index (χ0v) is 11.4. The van der Waals surface area contributed by atoms with Crippen molar-refractivity contribution in [3.05, 3.63) is 41.3 Å². The van der Waals surface area contributed by atoms with Gasteiger partial charge in [-0.05, 0) is 18.1 Å². The molecule has 1 aliphatic heterocycles. The molecule has 20 heavy (non-hydrogen) atoms. The van der Waals surface area contributed by atoms with Gasteiger partial charge in [0.25, 0.3) is 5.91 Å². The molecule has 2 amide bonds. The van der Waals surface area contributed by atoms with Crippen LogP contribution in [0, 0.1) is 11.7 Å². The minimum absolute atomic E-state index is 0.0500. The number of hydrogen-bond acceptors (Lipinski definition) is 2. The van der Waals surface area contributed by atoms with Crippen molar-refractivity contribution in [3.8, 4) is 0 Å². The number of amides is 2. The van der Waals surface area contributed by atoms with Crippen molar-refractivity contribution in [1.82, 2.24) is 10.6 Å². The lowest BCUT2D eigenvalue weighted by Crippen LogP contribution is -2.57. The second-order valence-electron chi connectivity index (χ2n) is 4.91. The number of carbonyl (C=O) groups excluding carboxylic acids is 2. The van der Waals surface area contributed by atoms with Gasteiger partial charge in [-0.3, -0.25) is 9.59 Å². The topological polar surface area (TPSA) is 58.2 Å². The Morgan fingerprint density at radius 2 is 2.05 bits per heavy atom. The van der Waals surface area contributed by atoms with E-state index < -0.39 is 17.8 Å². The van der Waals surface area contributed by atoms with Crippen molar-refractivity contribution in [2.24, 2.45) is 5.92 Å². The van der Waals surface area contributed by atoms with Gasteiger partial charge in [0.05, 0.1) is 0 Å². The molecule has 5 heteroatoms. The van der Waals surface area contributed by atoms with Crippen LogP contribution in [0.2, 0.25) is 0 Å². The number of benzene rings is 1. The van der Waals surface area contributed by atoms with Crippen LogP contribution in [-0.2, 0) is 9.59 Å². The number of rotatable bonds is 3. The summed E-state index contributed by atoms with van der Waals surface area (Å²) in [5, 5.41) is 5.22. The van der Waals surface area contributed by atoms with Crippen LogP contribution in [0.4, 0.5) is 4.39 Å². The van der Waals surface area contributed by atoms with E-state index in [0.29, 0.717) is 0 Å². The molecule has 0 radical (unpaired) electrons. The van der Waals surface area contributed by atoms with Crippen molar-refractivity contribution in [3.63, 3.8) is 0 Å². The minimum atomic E-state index is -0.537. The average Bonchev–Trinajstić information content (AvgIpc) is 2.44. The molecular weight excluding hydrogens is 259 g/mol. The fourth-order valence-electron chi connectivity index (χ4n) is 2.04. The first kappa shape index (κ1) is 14.2. The van der Waals surface area contributed by atoms with E-state index in [1.165, 1.54) is 12.1 Å². The molecule has 4 nitrogen and oxygen atoms in total. The van der Waals surface area contributed by atoms with Crippen molar-refractivity contribution < 1.29 is 14.0 Å². The molecule has 1 heterocycles. The Morgan fingerprint density at radius 3 is 2.70 bits per heavy atom. The molecule has 106 valence electrons. The second kappa shape index (κ2) is 5.86. The summed E-state index contributed by atoms with van der Waals surface area (Å²) >= 11 is 0. The fraction of sp³-hybridized carbons (Fsp3) is 0.333. The summed E-state index contributed by atoms with van der Waals surface area (Å²) in [6, 6.07) is 5.54. The van der Waals surface area contributed by atoms with Gasteiger partial charge in [0.1, 0.15) is 17.6 Å². The third-order valence-corrected chi connectivity index (χ3v) is 3.49. The van der Waals surface area contributed by atoms with Crippen LogP contribution in [-0.4, -0.2) is 17.9 Å². The molecule has 0 aliphatic carbocycles. The Balaban J connectivity index is 2.23. The average molecular weight is 276 g/mol. The van der Waals surface area contributed by atoms with E-state index in [0.717, 1.165) is 6.42 Å². The Morgan fingerprint density at radius 1 is 1.35 bits per heavy atom. The summed E-state index contributed by atoms with van der Waals surface area (Å²) in [7, 11) is 0. The van der Waals surface area contributed by atoms with E-state index in [2.05, 4.69) is 10.6 Å². The number of hydrogen-bond donors (Lipinski definition) is 2. The van der Waals surface area contributed by atoms with E-state index in [1.807, 2.05) is 13.8 Å². The van der Waals surface area contributed by atoms with E-state index in [4.69, 9.17) is 0 Å². The first-order valence-electron chi connectivity index (χ1n) is 6.61. The van der Waals surface area contributed by atoms with Crippen LogP contribution in [0.1, 0.15) is 25.8 Å². The van der Waals surface area contributed by atoms with Crippen LogP contribution < -0.4 is 10.6 Å². The lowest BCUT2D eigenvalue weighted by Gasteiger charge is -2.28. The summed E-state index contributed by atoms with van der Waals surface area (Å²) in [6.07, 6.45) is 2.13. The smallest absolute Gasteiger partial charge is 0.268 e. The Hall–Kier alpha value is -2.17. The molecule has 0 bridgehead atoms. The summed E-state index contributed by atoms with van der Waals surface area (Å²) < 4.78 is 13.5. The third-order valence-electron chi connectivity index (χ3n) is 3.49. The minimum Gasteiger partial charge on any atom is -0.339 e. The monoisotopic (exact) mass is 276 g/mol. The number of nitrogens with one attached hydrogen (secondary N) is 2. The third kappa shape index (κ3) is 2.87. The van der Waals surface area contributed by atoms with Crippen LogP contribution in [0.15, 0.2) is 30.0 Å². The molecule has 1 unspecified atom stereocenters. The molecule has 1 aliphatic rings. The summed E-state index contributed by atoms with van der Waals surface area (Å²) in [5.74, 6) is -1.04. The van der Waals surface area contributed by atoms with Gasteiger partial charge in [-0.1, -0.05) is 38.5 Å². The molecule has 1 aromatic carbocycles. The highest BCUT2D eigenvalue weighted by Crippen LogP contribution is 2.16. The lowest BCUT2D eigenvalue weighted by molar-refractivity contribution is -0.132. The molecule has 2 rings (SSSR count). The summed E-state index contributed by atoms with van der Waals surface area (Å²) in [4.78, 5) is 23.9. The van der Waals surface area contributed by atoms with Gasteiger partial charge < -0.3 is 10.6 Å². The second-order valence-corrected chi connectivity index (χ2v) is 4.91. The Bertz CT molecular complexity index is 569. The molecule has 1 fully saturated rings. The van der Waals surface area contributed by atoms with Gasteiger partial charge in [0.15, 0.2) is 0 Å². The molecule has 2 N–H and O–H groups in total. The zero-order valence-electron chi connectivity index (χ0n) is 11.4. The van der Waals surface area contributed by atoms with Crippen molar-refractivity contribution in [2.75, 3.05) is 0 Å². The first-order chi connectivity index (χ1) is 9.52. The molecule has 1 saturated heterocycles. The molecule has 1 aromatic rings. The van der Waals surface area contributed by atoms with Gasteiger partial charge in [0, 0.05) is 5.56 Å². The molecule has 0 aromatic heterocycles. The van der Waals surface area contributed by atoms with E-state index in [9.17, 15) is 14.0 Å². The Kier molecular flexibility index (Phi) is 4.17. The SMILES string of the molecule is CCC(C)[C@@H]1NC(=O)/C(=C\c2ccccc2F)NC1=O. The molecular formula is C15H17FN2O2. The maximum absolute atomic E-state index is 13.5. The maximum Gasteiger partial charge on any atom is 0.268 e. The quantitative estimate of drug-likeness (QED) is 0.827. The largest absolute Gasteiger partial charge is 0.339 e. The number of carbonyl (C=O) groups is 2. The van der Waals surface area contributed by atoms with Gasteiger partial charge in [-0.25, -0.2) is 4.39 Å². The van der Waals surface area contributed by atoms with Crippen molar-refractivity contribution in [2.45, 2.75) is 26.3 Å². The van der Waals surface area contributed by atoms with Crippen LogP contribution in [0.3, 0.4) is 0 Å². The predicted molar refractivity (Wildman–Crippen MR) is 73.9 cm³/mol. The Labute approximate surface area is 117 Å². The molecule has 0 spiro atoms. The van der Waals surface area contributed by atoms with Crippen molar-refractivity contribution >= 4 is 17.9 Å². The van der Waals surface area contributed by atoms with Crippen LogP contribution in [0.25, 0.3) is 6.08 Å². The van der Waals surface area contributed by atoms with Crippen molar-refractivity contribution in [1.29, 1.82) is 0 Å². The highest BCUT2D eigenvalue weighted by Gasteiger charge is 2.32. The van der Waals surface area contributed by atoms with Crippen LogP contribution >= 0.6 is 0 Å².